The van der Waals surface area contributed by atoms with E-state index in [9.17, 15) is 0 Å². The van der Waals surface area contributed by atoms with Gasteiger partial charge < -0.3 is 24.8 Å². The van der Waals surface area contributed by atoms with Gasteiger partial charge in [0.25, 0.3) is 0 Å². The van der Waals surface area contributed by atoms with E-state index in [1.165, 1.54) is 5.56 Å². The molecule has 2 N–H and O–H groups in total. The van der Waals surface area contributed by atoms with Crippen LogP contribution in [0, 0.1) is 0 Å². The molecule has 6 nitrogen and oxygen atoms in total. The summed E-state index contributed by atoms with van der Waals surface area (Å²) in [6.45, 7) is 1.57. The standard InChI is InChI=1S/C22H31N3O3/c1-23-22(24-13-8-11-17-9-6-5-7-10-17)25-14-12-19-20(27-3)15-18(26-2)16-21(19)28-4/h5-7,9-10,15-16H,8,11-14H2,1-4H3,(H2,23,24,25). The topological polar surface area (TPSA) is 64.1 Å². The van der Waals surface area contributed by atoms with Crippen molar-refractivity contribution in [2.45, 2.75) is 19.3 Å². The number of hydrogen-bond acceptors (Lipinski definition) is 4. The van der Waals surface area contributed by atoms with E-state index in [0.717, 1.165) is 48.8 Å². The molecule has 152 valence electrons. The Morgan fingerprint density at radius 2 is 1.50 bits per heavy atom. The summed E-state index contributed by atoms with van der Waals surface area (Å²) >= 11 is 0. The van der Waals surface area contributed by atoms with Crippen LogP contribution in [0.1, 0.15) is 17.5 Å². The van der Waals surface area contributed by atoms with Crippen LogP contribution in [-0.2, 0) is 12.8 Å². The van der Waals surface area contributed by atoms with E-state index in [0.29, 0.717) is 12.3 Å². The van der Waals surface area contributed by atoms with Gasteiger partial charge in [0.1, 0.15) is 17.2 Å². The van der Waals surface area contributed by atoms with Crippen molar-refractivity contribution in [1.82, 2.24) is 10.6 Å². The van der Waals surface area contributed by atoms with E-state index >= 15 is 0 Å². The van der Waals surface area contributed by atoms with Crippen molar-refractivity contribution in [2.24, 2.45) is 4.99 Å². The van der Waals surface area contributed by atoms with Crippen LogP contribution in [0.4, 0.5) is 0 Å². The summed E-state index contributed by atoms with van der Waals surface area (Å²) in [5.41, 5.74) is 2.35. The Morgan fingerprint density at radius 1 is 0.857 bits per heavy atom. The van der Waals surface area contributed by atoms with E-state index < -0.39 is 0 Å². The third-order valence-electron chi connectivity index (χ3n) is 4.49. The summed E-state index contributed by atoms with van der Waals surface area (Å²) in [6.07, 6.45) is 2.83. The van der Waals surface area contributed by atoms with Gasteiger partial charge in [-0.15, -0.1) is 0 Å². The Kier molecular flexibility index (Phi) is 8.98. The highest BCUT2D eigenvalue weighted by Crippen LogP contribution is 2.34. The summed E-state index contributed by atoms with van der Waals surface area (Å²) < 4.78 is 16.3. The molecule has 2 rings (SSSR count). The lowest BCUT2D eigenvalue weighted by atomic mass is 10.1. The van der Waals surface area contributed by atoms with Crippen LogP contribution >= 0.6 is 0 Å². The van der Waals surface area contributed by atoms with Crippen LogP contribution in [0.2, 0.25) is 0 Å². The number of methoxy groups -OCH3 is 3. The highest BCUT2D eigenvalue weighted by molar-refractivity contribution is 5.79. The third kappa shape index (κ3) is 6.37. The predicted octanol–water partition coefficient (Wildman–Crippen LogP) is 3.05. The van der Waals surface area contributed by atoms with Gasteiger partial charge in [-0.2, -0.15) is 0 Å². The highest BCUT2D eigenvalue weighted by Gasteiger charge is 2.13. The molecule has 0 radical (unpaired) electrons. The molecule has 0 aliphatic heterocycles. The summed E-state index contributed by atoms with van der Waals surface area (Å²) in [5, 5.41) is 6.70. The zero-order valence-electron chi connectivity index (χ0n) is 17.2. The molecule has 0 unspecified atom stereocenters. The molecule has 6 heteroatoms. The highest BCUT2D eigenvalue weighted by atomic mass is 16.5. The maximum absolute atomic E-state index is 5.50. The van der Waals surface area contributed by atoms with Crippen LogP contribution in [0.5, 0.6) is 17.2 Å². The molecule has 0 fully saturated rings. The van der Waals surface area contributed by atoms with E-state index in [2.05, 4.69) is 39.9 Å². The van der Waals surface area contributed by atoms with Crippen molar-refractivity contribution in [3.63, 3.8) is 0 Å². The molecule has 2 aromatic rings. The molecule has 0 aromatic heterocycles. The fourth-order valence-corrected chi connectivity index (χ4v) is 2.99. The lowest BCUT2D eigenvalue weighted by Gasteiger charge is -2.16. The molecule has 2 aromatic carbocycles. The van der Waals surface area contributed by atoms with Crippen molar-refractivity contribution < 1.29 is 14.2 Å². The van der Waals surface area contributed by atoms with Gasteiger partial charge in [-0.25, -0.2) is 0 Å². The van der Waals surface area contributed by atoms with Gasteiger partial charge in [-0.3, -0.25) is 4.99 Å². The zero-order valence-corrected chi connectivity index (χ0v) is 17.2. The Balaban J connectivity index is 1.82. The van der Waals surface area contributed by atoms with Crippen LogP contribution in [0.25, 0.3) is 0 Å². The van der Waals surface area contributed by atoms with Crippen LogP contribution in [0.3, 0.4) is 0 Å². The quantitative estimate of drug-likeness (QED) is 0.374. The number of nitrogens with zero attached hydrogens (tertiary/aromatic N) is 1. The van der Waals surface area contributed by atoms with Gasteiger partial charge in [0.05, 0.1) is 21.3 Å². The first kappa shape index (κ1) is 21.4. The first-order chi connectivity index (χ1) is 13.7. The largest absolute Gasteiger partial charge is 0.496 e. The fraction of sp³-hybridized carbons (Fsp3) is 0.409. The van der Waals surface area contributed by atoms with Crippen molar-refractivity contribution in [1.29, 1.82) is 0 Å². The normalized spacial score (nSPS) is 11.1. The number of rotatable bonds is 10. The number of benzene rings is 2. The molecular formula is C22H31N3O3. The average molecular weight is 386 g/mol. The minimum Gasteiger partial charge on any atom is -0.496 e. The second kappa shape index (κ2) is 11.7. The summed E-state index contributed by atoms with van der Waals surface area (Å²) in [6, 6.07) is 14.2. The Bertz CT molecular complexity index is 723. The minimum absolute atomic E-state index is 0.706. The predicted molar refractivity (Wildman–Crippen MR) is 114 cm³/mol. The molecule has 0 aliphatic carbocycles. The molecule has 0 bridgehead atoms. The molecule has 0 aliphatic rings. The second-order valence-electron chi connectivity index (χ2n) is 6.28. The summed E-state index contributed by atoms with van der Waals surface area (Å²) in [7, 11) is 6.71. The van der Waals surface area contributed by atoms with Crippen LogP contribution in [-0.4, -0.2) is 47.4 Å². The number of aryl methyl sites for hydroxylation is 1. The zero-order chi connectivity index (χ0) is 20.2. The van der Waals surface area contributed by atoms with Gasteiger partial charge in [0.15, 0.2) is 5.96 Å². The smallest absolute Gasteiger partial charge is 0.190 e. The second-order valence-corrected chi connectivity index (χ2v) is 6.28. The Labute approximate surface area is 167 Å². The lowest BCUT2D eigenvalue weighted by molar-refractivity contribution is 0.368. The number of nitrogens with one attached hydrogen (secondary N) is 2. The van der Waals surface area contributed by atoms with E-state index in [1.54, 1.807) is 28.4 Å². The number of guanidine groups is 1. The molecule has 28 heavy (non-hydrogen) atoms. The molecule has 0 atom stereocenters. The molecule has 0 heterocycles. The monoisotopic (exact) mass is 385 g/mol. The minimum atomic E-state index is 0.706. The van der Waals surface area contributed by atoms with Gasteiger partial charge in [0.2, 0.25) is 0 Å². The summed E-state index contributed by atoms with van der Waals surface area (Å²) in [4.78, 5) is 4.29. The number of hydrogen-bond donors (Lipinski definition) is 2. The molecule has 0 spiro atoms. The van der Waals surface area contributed by atoms with Crippen LogP contribution in [0.15, 0.2) is 47.5 Å². The SMILES string of the molecule is CN=C(NCCCc1ccccc1)NCCc1c(OC)cc(OC)cc1OC. The van der Waals surface area contributed by atoms with Crippen molar-refractivity contribution in [3.8, 4) is 17.2 Å². The first-order valence-corrected chi connectivity index (χ1v) is 9.49. The Morgan fingerprint density at radius 3 is 2.07 bits per heavy atom. The molecule has 0 amide bonds. The molecule has 0 saturated carbocycles. The van der Waals surface area contributed by atoms with Gasteiger partial charge in [-0.1, -0.05) is 30.3 Å². The first-order valence-electron chi connectivity index (χ1n) is 9.49. The van der Waals surface area contributed by atoms with E-state index in [4.69, 9.17) is 14.2 Å². The maximum atomic E-state index is 5.50. The van der Waals surface area contributed by atoms with Gasteiger partial charge in [-0.05, 0) is 24.8 Å². The Hall–Kier alpha value is -2.89. The summed E-state index contributed by atoms with van der Waals surface area (Å²) in [5.74, 6) is 3.01. The van der Waals surface area contributed by atoms with E-state index in [-0.39, 0.29) is 0 Å². The maximum Gasteiger partial charge on any atom is 0.190 e. The number of ether oxygens (including phenoxy) is 3. The molecular weight excluding hydrogens is 354 g/mol. The van der Waals surface area contributed by atoms with Crippen molar-refractivity contribution in [2.75, 3.05) is 41.5 Å². The van der Waals surface area contributed by atoms with Crippen LogP contribution < -0.4 is 24.8 Å². The average Bonchev–Trinajstić information content (AvgIpc) is 2.75. The lowest BCUT2D eigenvalue weighted by Crippen LogP contribution is -2.38. The van der Waals surface area contributed by atoms with Gasteiger partial charge >= 0.3 is 0 Å². The fourth-order valence-electron chi connectivity index (χ4n) is 2.99. The van der Waals surface area contributed by atoms with Gasteiger partial charge in [0, 0.05) is 37.8 Å². The van der Waals surface area contributed by atoms with Crippen molar-refractivity contribution in [3.05, 3.63) is 53.6 Å². The molecule has 0 saturated heterocycles. The van der Waals surface area contributed by atoms with E-state index in [1.807, 2.05) is 18.2 Å². The van der Waals surface area contributed by atoms with Crippen molar-refractivity contribution >= 4 is 5.96 Å². The number of aliphatic imine (C=N–C) groups is 1. The third-order valence-corrected chi connectivity index (χ3v) is 4.49.